The van der Waals surface area contributed by atoms with Crippen LogP contribution in [-0.4, -0.2) is 5.11 Å². The van der Waals surface area contributed by atoms with Crippen molar-refractivity contribution in [2.24, 2.45) is 0 Å². The second-order valence-electron chi connectivity index (χ2n) is 2.17. The van der Waals surface area contributed by atoms with Gasteiger partial charge in [0.25, 0.3) is 0 Å². The minimum atomic E-state index is 0.0778. The maximum absolute atomic E-state index is 9.27. The predicted molar refractivity (Wildman–Crippen MR) is 47.8 cm³/mol. The topological polar surface area (TPSA) is 44.0 Å². The standard InChI is InChI=1S/C9H6ClNO/c10-8-4-3-7(2-1-5-11)9(12)6-8/h1-4,6,12H. The fraction of sp³-hybridized carbons (Fsp3) is 0. The molecule has 0 heterocycles. The van der Waals surface area contributed by atoms with Gasteiger partial charge in [-0.25, -0.2) is 0 Å². The quantitative estimate of drug-likeness (QED) is 0.674. The lowest BCUT2D eigenvalue weighted by Crippen LogP contribution is -1.73. The van der Waals surface area contributed by atoms with E-state index in [-0.39, 0.29) is 5.75 Å². The summed E-state index contributed by atoms with van der Waals surface area (Å²) in [5.74, 6) is 0.0778. The first-order valence-electron chi connectivity index (χ1n) is 3.28. The summed E-state index contributed by atoms with van der Waals surface area (Å²) < 4.78 is 0. The van der Waals surface area contributed by atoms with Gasteiger partial charge in [0.15, 0.2) is 0 Å². The third-order valence-electron chi connectivity index (χ3n) is 1.33. The molecule has 0 aromatic heterocycles. The van der Waals surface area contributed by atoms with Gasteiger partial charge in [-0.3, -0.25) is 0 Å². The Labute approximate surface area is 75.3 Å². The van der Waals surface area contributed by atoms with Crippen LogP contribution < -0.4 is 0 Å². The fourth-order valence-corrected chi connectivity index (χ4v) is 0.951. The van der Waals surface area contributed by atoms with Crippen molar-refractivity contribution >= 4 is 17.7 Å². The molecule has 0 radical (unpaired) electrons. The maximum atomic E-state index is 9.27. The van der Waals surface area contributed by atoms with Crippen molar-refractivity contribution < 1.29 is 5.11 Å². The molecule has 0 spiro atoms. The van der Waals surface area contributed by atoms with E-state index in [9.17, 15) is 5.11 Å². The van der Waals surface area contributed by atoms with Gasteiger partial charge in [-0.05, 0) is 24.3 Å². The largest absolute Gasteiger partial charge is 0.507 e. The molecule has 0 saturated heterocycles. The molecule has 1 N–H and O–H groups in total. The second kappa shape index (κ2) is 3.80. The summed E-state index contributed by atoms with van der Waals surface area (Å²) in [4.78, 5) is 0. The highest BCUT2D eigenvalue weighted by molar-refractivity contribution is 6.30. The zero-order valence-electron chi connectivity index (χ0n) is 6.16. The first-order chi connectivity index (χ1) is 5.74. The Bertz CT molecular complexity index is 352. The van der Waals surface area contributed by atoms with E-state index in [1.165, 1.54) is 18.2 Å². The Morgan fingerprint density at radius 2 is 2.25 bits per heavy atom. The third kappa shape index (κ3) is 2.01. The molecule has 1 aromatic carbocycles. The molecule has 12 heavy (non-hydrogen) atoms. The summed E-state index contributed by atoms with van der Waals surface area (Å²) in [6.07, 6.45) is 2.81. The second-order valence-corrected chi connectivity index (χ2v) is 2.60. The van der Waals surface area contributed by atoms with Crippen molar-refractivity contribution in [3.8, 4) is 11.8 Å². The molecule has 0 bridgehead atoms. The van der Waals surface area contributed by atoms with Gasteiger partial charge >= 0.3 is 0 Å². The van der Waals surface area contributed by atoms with Crippen LogP contribution in [0.3, 0.4) is 0 Å². The Kier molecular flexibility index (Phi) is 2.73. The molecule has 0 fully saturated rings. The van der Waals surface area contributed by atoms with Crippen LogP contribution in [0.5, 0.6) is 5.75 Å². The number of nitriles is 1. The highest BCUT2D eigenvalue weighted by atomic mass is 35.5. The van der Waals surface area contributed by atoms with Crippen LogP contribution in [0.4, 0.5) is 0 Å². The van der Waals surface area contributed by atoms with E-state index in [2.05, 4.69) is 0 Å². The molecule has 0 aliphatic rings. The van der Waals surface area contributed by atoms with E-state index in [4.69, 9.17) is 16.9 Å². The SMILES string of the molecule is N#CC=Cc1ccc(Cl)cc1O. The number of phenols is 1. The normalized spacial score (nSPS) is 10.0. The average molecular weight is 180 g/mol. The molecule has 0 amide bonds. The number of aromatic hydroxyl groups is 1. The number of hydrogen-bond acceptors (Lipinski definition) is 2. The summed E-state index contributed by atoms with van der Waals surface area (Å²) in [6, 6.07) is 6.56. The van der Waals surface area contributed by atoms with Gasteiger partial charge in [0, 0.05) is 16.7 Å². The number of rotatable bonds is 1. The molecule has 3 heteroatoms. The van der Waals surface area contributed by atoms with Gasteiger partial charge < -0.3 is 5.11 Å². The number of nitrogens with zero attached hydrogens (tertiary/aromatic N) is 1. The summed E-state index contributed by atoms with van der Waals surface area (Å²) in [5, 5.41) is 18.0. The third-order valence-corrected chi connectivity index (χ3v) is 1.57. The van der Waals surface area contributed by atoms with Gasteiger partial charge in [-0.15, -0.1) is 0 Å². The minimum absolute atomic E-state index is 0.0778. The monoisotopic (exact) mass is 179 g/mol. The zero-order chi connectivity index (χ0) is 8.97. The van der Waals surface area contributed by atoms with E-state index in [0.717, 1.165) is 0 Å². The Hall–Kier alpha value is -1.46. The highest BCUT2D eigenvalue weighted by Crippen LogP contribution is 2.22. The van der Waals surface area contributed by atoms with E-state index in [1.54, 1.807) is 12.1 Å². The van der Waals surface area contributed by atoms with Gasteiger partial charge in [0.05, 0.1) is 6.07 Å². The zero-order valence-corrected chi connectivity index (χ0v) is 6.92. The minimum Gasteiger partial charge on any atom is -0.507 e. The number of hydrogen-bond donors (Lipinski definition) is 1. The number of halogens is 1. The molecule has 2 nitrogen and oxygen atoms in total. The first-order valence-corrected chi connectivity index (χ1v) is 3.66. The lowest BCUT2D eigenvalue weighted by Gasteiger charge is -1.97. The molecular formula is C9H6ClNO. The Morgan fingerprint density at radius 1 is 1.50 bits per heavy atom. The molecular weight excluding hydrogens is 174 g/mol. The van der Waals surface area contributed by atoms with Crippen molar-refractivity contribution in [3.63, 3.8) is 0 Å². The van der Waals surface area contributed by atoms with Crippen LogP contribution in [0.2, 0.25) is 5.02 Å². The van der Waals surface area contributed by atoms with Gasteiger partial charge in [0.1, 0.15) is 5.75 Å². The molecule has 0 aliphatic carbocycles. The summed E-state index contributed by atoms with van der Waals surface area (Å²) in [6.45, 7) is 0. The molecule has 0 aliphatic heterocycles. The Balaban J connectivity index is 3.03. The van der Waals surface area contributed by atoms with Gasteiger partial charge in [-0.2, -0.15) is 5.26 Å². The van der Waals surface area contributed by atoms with Crippen molar-refractivity contribution in [2.75, 3.05) is 0 Å². The van der Waals surface area contributed by atoms with Crippen LogP contribution in [0, 0.1) is 11.3 Å². The fourth-order valence-electron chi connectivity index (χ4n) is 0.785. The van der Waals surface area contributed by atoms with Crippen molar-refractivity contribution in [3.05, 3.63) is 34.9 Å². The molecule has 0 atom stereocenters. The van der Waals surface area contributed by atoms with E-state index < -0.39 is 0 Å². The van der Waals surface area contributed by atoms with Gasteiger partial charge in [0.2, 0.25) is 0 Å². The van der Waals surface area contributed by atoms with Crippen LogP contribution in [0.1, 0.15) is 5.56 Å². The van der Waals surface area contributed by atoms with Gasteiger partial charge in [-0.1, -0.05) is 11.6 Å². The molecule has 1 aromatic rings. The van der Waals surface area contributed by atoms with Crippen molar-refractivity contribution in [1.29, 1.82) is 5.26 Å². The van der Waals surface area contributed by atoms with Crippen molar-refractivity contribution in [2.45, 2.75) is 0 Å². The summed E-state index contributed by atoms with van der Waals surface area (Å²) in [5.41, 5.74) is 0.584. The number of phenolic OH excluding ortho intramolecular Hbond substituents is 1. The molecule has 60 valence electrons. The molecule has 0 saturated carbocycles. The average Bonchev–Trinajstić information content (AvgIpc) is 2.03. The first kappa shape index (κ1) is 8.63. The number of allylic oxidation sites excluding steroid dienone is 1. The van der Waals surface area contributed by atoms with Crippen LogP contribution in [-0.2, 0) is 0 Å². The predicted octanol–water partition coefficient (Wildman–Crippen LogP) is 2.58. The van der Waals surface area contributed by atoms with E-state index >= 15 is 0 Å². The van der Waals surface area contributed by atoms with Crippen LogP contribution in [0.25, 0.3) is 6.08 Å². The maximum Gasteiger partial charge on any atom is 0.124 e. The summed E-state index contributed by atoms with van der Waals surface area (Å²) >= 11 is 5.60. The highest BCUT2D eigenvalue weighted by Gasteiger charge is 1.96. The molecule has 1 rings (SSSR count). The van der Waals surface area contributed by atoms with E-state index in [0.29, 0.717) is 10.6 Å². The smallest absolute Gasteiger partial charge is 0.124 e. The van der Waals surface area contributed by atoms with Crippen LogP contribution >= 0.6 is 11.6 Å². The molecule has 0 unspecified atom stereocenters. The number of benzene rings is 1. The lowest BCUT2D eigenvalue weighted by molar-refractivity contribution is 0.474. The Morgan fingerprint density at radius 3 is 2.83 bits per heavy atom. The van der Waals surface area contributed by atoms with Crippen molar-refractivity contribution in [1.82, 2.24) is 0 Å². The van der Waals surface area contributed by atoms with E-state index in [1.807, 2.05) is 6.07 Å². The van der Waals surface area contributed by atoms with Crippen LogP contribution in [0.15, 0.2) is 24.3 Å². The lowest BCUT2D eigenvalue weighted by atomic mass is 10.2. The summed E-state index contributed by atoms with van der Waals surface area (Å²) in [7, 11) is 0.